The topological polar surface area (TPSA) is 62.2 Å². The highest BCUT2D eigenvalue weighted by molar-refractivity contribution is 7.09. The molecule has 0 radical (unpaired) electrons. The minimum Gasteiger partial charge on any atom is -0.309 e. The van der Waals surface area contributed by atoms with E-state index in [0.29, 0.717) is 6.42 Å². The number of amides is 1. The second kappa shape index (κ2) is 5.65. The average molecular weight is 329 g/mol. The van der Waals surface area contributed by atoms with Crippen LogP contribution in [0.2, 0.25) is 0 Å². The van der Waals surface area contributed by atoms with E-state index < -0.39 is 0 Å². The number of nitrogens with zero attached hydrogens (tertiary/aromatic N) is 5. The molecule has 2 aromatic rings. The van der Waals surface area contributed by atoms with Crippen molar-refractivity contribution < 1.29 is 4.79 Å². The van der Waals surface area contributed by atoms with E-state index in [9.17, 15) is 4.79 Å². The van der Waals surface area contributed by atoms with E-state index in [0.717, 1.165) is 49.0 Å². The quantitative estimate of drug-likeness (QED) is 0.860. The van der Waals surface area contributed by atoms with Gasteiger partial charge in [0.15, 0.2) is 0 Å². The normalized spacial score (nSPS) is 24.9. The van der Waals surface area contributed by atoms with Crippen molar-refractivity contribution >= 4 is 22.9 Å². The second-order valence-corrected chi connectivity index (χ2v) is 7.63. The van der Waals surface area contributed by atoms with Crippen LogP contribution in [-0.4, -0.2) is 45.4 Å². The van der Waals surface area contributed by atoms with Crippen LogP contribution < -0.4 is 4.90 Å². The van der Waals surface area contributed by atoms with Gasteiger partial charge in [-0.05, 0) is 19.9 Å². The van der Waals surface area contributed by atoms with Gasteiger partial charge in [-0.1, -0.05) is 0 Å². The summed E-state index contributed by atoms with van der Waals surface area (Å²) in [6.07, 6.45) is 6.61. The van der Waals surface area contributed by atoms with Crippen LogP contribution >= 0.6 is 11.3 Å². The third kappa shape index (κ3) is 2.86. The SMILES string of the molecule is Cc1nc(CN2CCC3(CC(=O)N(c4cncnc4)C3)C2)cs1. The Balaban J connectivity index is 1.45. The Morgan fingerprint density at radius 1 is 1.30 bits per heavy atom. The predicted octanol–water partition coefficient (Wildman–Crippen LogP) is 1.87. The zero-order valence-corrected chi connectivity index (χ0v) is 13.9. The summed E-state index contributed by atoms with van der Waals surface area (Å²) in [6.45, 7) is 5.68. The highest BCUT2D eigenvalue weighted by Crippen LogP contribution is 2.41. The first-order valence-electron chi connectivity index (χ1n) is 7.82. The molecule has 0 saturated carbocycles. The van der Waals surface area contributed by atoms with Crippen molar-refractivity contribution in [3.8, 4) is 0 Å². The summed E-state index contributed by atoms with van der Waals surface area (Å²) in [4.78, 5) is 29.3. The van der Waals surface area contributed by atoms with E-state index in [2.05, 4.69) is 25.2 Å². The molecule has 2 aromatic heterocycles. The number of anilines is 1. The summed E-state index contributed by atoms with van der Waals surface area (Å²) in [5.74, 6) is 0.186. The van der Waals surface area contributed by atoms with Crippen LogP contribution in [0.15, 0.2) is 24.1 Å². The first-order chi connectivity index (χ1) is 11.1. The molecule has 6 nitrogen and oxygen atoms in total. The Hall–Kier alpha value is -1.86. The van der Waals surface area contributed by atoms with E-state index >= 15 is 0 Å². The van der Waals surface area contributed by atoms with Crippen molar-refractivity contribution in [2.45, 2.75) is 26.3 Å². The first-order valence-corrected chi connectivity index (χ1v) is 8.70. The van der Waals surface area contributed by atoms with Gasteiger partial charge in [-0.15, -0.1) is 11.3 Å². The lowest BCUT2D eigenvalue weighted by Gasteiger charge is -2.23. The Labute approximate surface area is 139 Å². The Morgan fingerprint density at radius 2 is 2.13 bits per heavy atom. The molecule has 7 heteroatoms. The predicted molar refractivity (Wildman–Crippen MR) is 88.2 cm³/mol. The molecule has 120 valence electrons. The molecule has 0 aromatic carbocycles. The van der Waals surface area contributed by atoms with Crippen LogP contribution in [0.3, 0.4) is 0 Å². The molecule has 4 rings (SSSR count). The lowest BCUT2D eigenvalue weighted by atomic mass is 9.86. The molecule has 0 bridgehead atoms. The highest BCUT2D eigenvalue weighted by Gasteiger charge is 2.47. The fourth-order valence-corrected chi connectivity index (χ4v) is 4.31. The van der Waals surface area contributed by atoms with Gasteiger partial charge < -0.3 is 4.90 Å². The summed E-state index contributed by atoms with van der Waals surface area (Å²) in [7, 11) is 0. The third-order valence-corrected chi connectivity index (χ3v) is 5.57. The summed E-state index contributed by atoms with van der Waals surface area (Å²) in [5, 5.41) is 3.24. The highest BCUT2D eigenvalue weighted by atomic mass is 32.1. The van der Waals surface area contributed by atoms with Crippen molar-refractivity contribution in [2.75, 3.05) is 24.5 Å². The van der Waals surface area contributed by atoms with E-state index in [1.165, 1.54) is 6.33 Å². The summed E-state index contributed by atoms with van der Waals surface area (Å²) in [5.41, 5.74) is 2.02. The van der Waals surface area contributed by atoms with E-state index in [1.54, 1.807) is 23.7 Å². The van der Waals surface area contributed by atoms with E-state index in [1.807, 2.05) is 11.8 Å². The van der Waals surface area contributed by atoms with Gasteiger partial charge in [0.05, 0.1) is 28.8 Å². The molecule has 1 amide bonds. The van der Waals surface area contributed by atoms with Crippen LogP contribution in [0.1, 0.15) is 23.5 Å². The average Bonchev–Trinajstić information content (AvgIpc) is 3.22. The number of carbonyl (C=O) groups excluding carboxylic acids is 1. The molecule has 1 spiro atoms. The molecule has 1 unspecified atom stereocenters. The van der Waals surface area contributed by atoms with Gasteiger partial charge in [-0.2, -0.15) is 0 Å². The number of likely N-dealkylation sites (tertiary alicyclic amines) is 1. The van der Waals surface area contributed by atoms with E-state index in [-0.39, 0.29) is 11.3 Å². The van der Waals surface area contributed by atoms with Gasteiger partial charge in [0.25, 0.3) is 0 Å². The fourth-order valence-electron chi connectivity index (χ4n) is 3.71. The summed E-state index contributed by atoms with van der Waals surface area (Å²) < 4.78 is 0. The maximum Gasteiger partial charge on any atom is 0.227 e. The van der Waals surface area contributed by atoms with Crippen LogP contribution in [0.25, 0.3) is 0 Å². The Morgan fingerprint density at radius 3 is 2.87 bits per heavy atom. The van der Waals surface area contributed by atoms with Gasteiger partial charge in [0.2, 0.25) is 5.91 Å². The number of rotatable bonds is 3. The Bertz CT molecular complexity index is 718. The molecule has 23 heavy (non-hydrogen) atoms. The number of hydrogen-bond donors (Lipinski definition) is 0. The molecule has 0 aliphatic carbocycles. The molecule has 2 saturated heterocycles. The second-order valence-electron chi connectivity index (χ2n) is 6.57. The Kier molecular flexibility index (Phi) is 3.61. The molecule has 2 aliphatic heterocycles. The standard InChI is InChI=1S/C16H19N5OS/c1-12-19-13(8-23-12)7-20-3-2-16(9-20)4-15(22)21(10-16)14-5-17-11-18-6-14/h5-6,8,11H,2-4,7,9-10H2,1H3. The number of carbonyl (C=O) groups is 1. The van der Waals surface area contributed by atoms with Crippen molar-refractivity contribution in [1.82, 2.24) is 19.9 Å². The molecular weight excluding hydrogens is 310 g/mol. The lowest BCUT2D eigenvalue weighted by molar-refractivity contribution is -0.117. The number of hydrogen-bond acceptors (Lipinski definition) is 6. The largest absolute Gasteiger partial charge is 0.309 e. The lowest BCUT2D eigenvalue weighted by Crippen LogP contribution is -2.31. The smallest absolute Gasteiger partial charge is 0.227 e. The van der Waals surface area contributed by atoms with Gasteiger partial charge in [-0.3, -0.25) is 9.69 Å². The molecule has 2 aliphatic rings. The van der Waals surface area contributed by atoms with Crippen molar-refractivity contribution in [3.05, 3.63) is 34.8 Å². The molecule has 4 heterocycles. The van der Waals surface area contributed by atoms with Crippen molar-refractivity contribution in [3.63, 3.8) is 0 Å². The number of thiazole rings is 1. The minimum absolute atomic E-state index is 0.0675. The molecule has 0 N–H and O–H groups in total. The zero-order chi connectivity index (χ0) is 15.9. The first kappa shape index (κ1) is 14.7. The molecule has 1 atom stereocenters. The van der Waals surface area contributed by atoms with Crippen molar-refractivity contribution in [1.29, 1.82) is 0 Å². The summed E-state index contributed by atoms with van der Waals surface area (Å²) >= 11 is 1.70. The van der Waals surface area contributed by atoms with Gasteiger partial charge in [0, 0.05) is 36.9 Å². The van der Waals surface area contributed by atoms with Crippen LogP contribution in [0.4, 0.5) is 5.69 Å². The molecular formula is C16H19N5OS. The maximum atomic E-state index is 12.4. The number of aromatic nitrogens is 3. The minimum atomic E-state index is 0.0675. The number of aryl methyl sites for hydroxylation is 1. The van der Waals surface area contributed by atoms with Gasteiger partial charge in [-0.25, -0.2) is 15.0 Å². The zero-order valence-electron chi connectivity index (χ0n) is 13.1. The van der Waals surface area contributed by atoms with Gasteiger partial charge >= 0.3 is 0 Å². The van der Waals surface area contributed by atoms with Crippen LogP contribution in [0, 0.1) is 12.3 Å². The van der Waals surface area contributed by atoms with Crippen molar-refractivity contribution in [2.24, 2.45) is 5.41 Å². The fraction of sp³-hybridized carbons (Fsp3) is 0.500. The maximum absolute atomic E-state index is 12.4. The third-order valence-electron chi connectivity index (χ3n) is 4.75. The van der Waals surface area contributed by atoms with Crippen LogP contribution in [-0.2, 0) is 11.3 Å². The monoisotopic (exact) mass is 329 g/mol. The summed E-state index contributed by atoms with van der Waals surface area (Å²) in [6, 6.07) is 0. The van der Waals surface area contributed by atoms with Gasteiger partial charge in [0.1, 0.15) is 6.33 Å². The molecule has 2 fully saturated rings. The van der Waals surface area contributed by atoms with Crippen LogP contribution in [0.5, 0.6) is 0 Å². The van der Waals surface area contributed by atoms with E-state index in [4.69, 9.17) is 0 Å².